The molecule has 0 saturated carbocycles. The maximum atomic E-state index is 11.9. The van der Waals surface area contributed by atoms with Crippen LogP contribution in [-0.2, 0) is 4.79 Å². The van der Waals surface area contributed by atoms with Gasteiger partial charge in [-0.25, -0.2) is 4.68 Å². The standard InChI is InChI=1S/C16H17N5OS3/c17-21-15(13-7-4-9-24-13)19-20-16(21)25-11-14(22)18-8-10-23-12-5-2-1-3-6-12/h1-7,9H,8,10-11,17H2,(H,18,22). The summed E-state index contributed by atoms with van der Waals surface area (Å²) >= 11 is 4.54. The third-order valence-corrected chi connectivity index (χ3v) is 6.00. The highest BCUT2D eigenvalue weighted by atomic mass is 32.2. The molecule has 0 atom stereocenters. The maximum Gasteiger partial charge on any atom is 0.230 e. The minimum absolute atomic E-state index is 0.0423. The predicted octanol–water partition coefficient (Wildman–Crippen LogP) is 2.72. The molecule has 3 rings (SSSR count). The highest BCUT2D eigenvalue weighted by Crippen LogP contribution is 2.25. The minimum Gasteiger partial charge on any atom is -0.355 e. The van der Waals surface area contributed by atoms with Crippen LogP contribution in [0.3, 0.4) is 0 Å². The number of rotatable bonds is 8. The van der Waals surface area contributed by atoms with Gasteiger partial charge in [-0.1, -0.05) is 36.0 Å². The van der Waals surface area contributed by atoms with E-state index in [-0.39, 0.29) is 11.7 Å². The molecule has 2 heterocycles. The molecular formula is C16H17N5OS3. The zero-order chi connectivity index (χ0) is 17.5. The van der Waals surface area contributed by atoms with E-state index in [0.717, 1.165) is 10.6 Å². The summed E-state index contributed by atoms with van der Waals surface area (Å²) in [5.41, 5.74) is 0. The highest BCUT2D eigenvalue weighted by Gasteiger charge is 2.14. The molecule has 0 aliphatic heterocycles. The fourth-order valence-corrected chi connectivity index (χ4v) is 4.19. The van der Waals surface area contributed by atoms with Crippen molar-refractivity contribution in [2.75, 3.05) is 23.9 Å². The molecular weight excluding hydrogens is 374 g/mol. The number of amides is 1. The Balaban J connectivity index is 1.41. The van der Waals surface area contributed by atoms with E-state index in [1.807, 2.05) is 35.7 Å². The molecule has 0 unspecified atom stereocenters. The second-order valence-corrected chi connectivity index (χ2v) is 8.01. The van der Waals surface area contributed by atoms with Gasteiger partial charge in [0.25, 0.3) is 0 Å². The molecule has 130 valence electrons. The lowest BCUT2D eigenvalue weighted by Crippen LogP contribution is -2.27. The van der Waals surface area contributed by atoms with Crippen LogP contribution in [0, 0.1) is 0 Å². The van der Waals surface area contributed by atoms with Gasteiger partial charge in [0.05, 0.1) is 10.6 Å². The lowest BCUT2D eigenvalue weighted by atomic mass is 10.4. The van der Waals surface area contributed by atoms with Crippen molar-refractivity contribution in [1.29, 1.82) is 0 Å². The summed E-state index contributed by atoms with van der Waals surface area (Å²) in [6, 6.07) is 14.0. The number of nitrogen functional groups attached to an aromatic ring is 1. The van der Waals surface area contributed by atoms with Crippen molar-refractivity contribution >= 4 is 40.8 Å². The fourth-order valence-electron chi connectivity index (χ4n) is 2.01. The molecule has 0 aliphatic rings. The molecule has 25 heavy (non-hydrogen) atoms. The van der Waals surface area contributed by atoms with E-state index in [0.29, 0.717) is 17.5 Å². The fraction of sp³-hybridized carbons (Fsp3) is 0.188. The van der Waals surface area contributed by atoms with Crippen LogP contribution in [-0.4, -0.2) is 38.8 Å². The molecule has 0 aliphatic carbocycles. The second-order valence-electron chi connectivity index (χ2n) is 4.95. The second kappa shape index (κ2) is 8.93. The molecule has 0 fully saturated rings. The van der Waals surface area contributed by atoms with Crippen LogP contribution in [0.5, 0.6) is 0 Å². The molecule has 0 saturated heterocycles. The van der Waals surface area contributed by atoms with Gasteiger partial charge in [-0.05, 0) is 23.6 Å². The van der Waals surface area contributed by atoms with E-state index in [1.165, 1.54) is 21.3 Å². The monoisotopic (exact) mass is 391 g/mol. The van der Waals surface area contributed by atoms with Crippen molar-refractivity contribution < 1.29 is 4.79 Å². The number of nitrogens with one attached hydrogen (secondary N) is 1. The number of thioether (sulfide) groups is 2. The minimum atomic E-state index is -0.0423. The first kappa shape index (κ1) is 17.8. The van der Waals surface area contributed by atoms with Crippen molar-refractivity contribution in [3.63, 3.8) is 0 Å². The van der Waals surface area contributed by atoms with Crippen molar-refractivity contribution in [3.05, 3.63) is 47.8 Å². The Kier molecular flexibility index (Phi) is 6.37. The van der Waals surface area contributed by atoms with Crippen molar-refractivity contribution in [3.8, 4) is 10.7 Å². The molecule has 9 heteroatoms. The van der Waals surface area contributed by atoms with Gasteiger partial charge >= 0.3 is 0 Å². The molecule has 0 spiro atoms. The van der Waals surface area contributed by atoms with E-state index in [2.05, 4.69) is 27.6 Å². The van der Waals surface area contributed by atoms with Crippen LogP contribution in [0.1, 0.15) is 0 Å². The molecule has 0 bridgehead atoms. The average molecular weight is 392 g/mol. The van der Waals surface area contributed by atoms with E-state index < -0.39 is 0 Å². The molecule has 3 N–H and O–H groups in total. The number of nitrogens with two attached hydrogens (primary N) is 1. The van der Waals surface area contributed by atoms with Gasteiger partial charge in [-0.15, -0.1) is 33.3 Å². The number of hydrogen-bond donors (Lipinski definition) is 2. The van der Waals surface area contributed by atoms with Crippen molar-refractivity contribution in [1.82, 2.24) is 20.2 Å². The molecule has 2 aromatic heterocycles. The molecule has 3 aromatic rings. The summed E-state index contributed by atoms with van der Waals surface area (Å²) in [6.45, 7) is 0.620. The summed E-state index contributed by atoms with van der Waals surface area (Å²) in [7, 11) is 0. The highest BCUT2D eigenvalue weighted by molar-refractivity contribution is 7.99. The Labute approximate surface area is 158 Å². The molecule has 1 aromatic carbocycles. The number of benzene rings is 1. The van der Waals surface area contributed by atoms with E-state index >= 15 is 0 Å². The topological polar surface area (TPSA) is 85.8 Å². The van der Waals surface area contributed by atoms with Gasteiger partial charge in [0.1, 0.15) is 0 Å². The van der Waals surface area contributed by atoms with E-state index in [9.17, 15) is 4.79 Å². The number of carbonyl (C=O) groups excluding carboxylic acids is 1. The van der Waals surface area contributed by atoms with Gasteiger partial charge in [-0.3, -0.25) is 4.79 Å². The lowest BCUT2D eigenvalue weighted by molar-refractivity contribution is -0.118. The van der Waals surface area contributed by atoms with E-state index in [4.69, 9.17) is 5.84 Å². The van der Waals surface area contributed by atoms with Gasteiger partial charge in [0.15, 0.2) is 5.82 Å². The Morgan fingerprint density at radius 2 is 2.00 bits per heavy atom. The third-order valence-electron chi connectivity index (χ3n) is 3.17. The van der Waals surface area contributed by atoms with Gasteiger partial charge in [-0.2, -0.15) is 0 Å². The predicted molar refractivity (Wildman–Crippen MR) is 104 cm³/mol. The largest absolute Gasteiger partial charge is 0.355 e. The van der Waals surface area contributed by atoms with Crippen molar-refractivity contribution in [2.24, 2.45) is 0 Å². The summed E-state index contributed by atoms with van der Waals surface area (Å²) in [6.07, 6.45) is 0. The quantitative estimate of drug-likeness (QED) is 0.349. The van der Waals surface area contributed by atoms with Crippen LogP contribution in [0.4, 0.5) is 0 Å². The maximum absolute atomic E-state index is 11.9. The molecule has 0 radical (unpaired) electrons. The summed E-state index contributed by atoms with van der Waals surface area (Å²) in [5, 5.41) is 13.5. The summed E-state index contributed by atoms with van der Waals surface area (Å²) in [4.78, 5) is 14.1. The van der Waals surface area contributed by atoms with Gasteiger partial charge < -0.3 is 11.2 Å². The first-order chi connectivity index (χ1) is 12.2. The first-order valence-electron chi connectivity index (χ1n) is 7.56. The van der Waals surface area contributed by atoms with Crippen molar-refractivity contribution in [2.45, 2.75) is 10.1 Å². The zero-order valence-electron chi connectivity index (χ0n) is 13.3. The van der Waals surface area contributed by atoms with Crippen LogP contribution in [0.25, 0.3) is 10.7 Å². The Bertz CT molecular complexity index is 805. The molecule has 1 amide bonds. The SMILES string of the molecule is Nn1c(SCC(=O)NCCSc2ccccc2)nnc1-c1cccs1. The lowest BCUT2D eigenvalue weighted by Gasteiger charge is -2.05. The summed E-state index contributed by atoms with van der Waals surface area (Å²) in [5.74, 6) is 7.66. The number of thiophene rings is 1. The van der Waals surface area contributed by atoms with Crippen LogP contribution >= 0.6 is 34.9 Å². The number of nitrogens with zero attached hydrogens (tertiary/aromatic N) is 3. The van der Waals surface area contributed by atoms with Crippen LogP contribution in [0.2, 0.25) is 0 Å². The summed E-state index contributed by atoms with van der Waals surface area (Å²) < 4.78 is 1.43. The first-order valence-corrected chi connectivity index (χ1v) is 10.4. The number of aromatic nitrogens is 3. The van der Waals surface area contributed by atoms with Crippen LogP contribution < -0.4 is 11.2 Å². The average Bonchev–Trinajstić information content (AvgIpc) is 3.27. The molecule has 6 nitrogen and oxygen atoms in total. The van der Waals surface area contributed by atoms with Gasteiger partial charge in [0, 0.05) is 17.2 Å². The number of hydrogen-bond acceptors (Lipinski definition) is 7. The third kappa shape index (κ3) is 5.00. The Morgan fingerprint density at radius 3 is 2.76 bits per heavy atom. The Hall–Kier alpha value is -1.97. The van der Waals surface area contributed by atoms with Crippen LogP contribution in [0.15, 0.2) is 57.9 Å². The normalized spacial score (nSPS) is 10.7. The smallest absolute Gasteiger partial charge is 0.230 e. The zero-order valence-corrected chi connectivity index (χ0v) is 15.7. The Morgan fingerprint density at radius 1 is 1.16 bits per heavy atom. The van der Waals surface area contributed by atoms with Gasteiger partial charge in [0.2, 0.25) is 11.1 Å². The van der Waals surface area contributed by atoms with E-state index in [1.54, 1.807) is 23.1 Å². The number of carbonyl (C=O) groups is 1.